The molecule has 2 amide bonds. The van der Waals surface area contributed by atoms with Gasteiger partial charge in [0.05, 0.1) is 11.7 Å². The topological polar surface area (TPSA) is 102 Å². The maximum atomic E-state index is 11.7. The summed E-state index contributed by atoms with van der Waals surface area (Å²) in [5.74, 6) is 0.0748. The zero-order valence-corrected chi connectivity index (χ0v) is 12.6. The van der Waals surface area contributed by atoms with Crippen molar-refractivity contribution in [2.24, 2.45) is 0 Å². The lowest BCUT2D eigenvalue weighted by atomic mass is 9.98. The van der Waals surface area contributed by atoms with Gasteiger partial charge in [-0.25, -0.2) is 4.79 Å². The molecule has 1 unspecified atom stereocenters. The van der Waals surface area contributed by atoms with Crippen LogP contribution in [0.25, 0.3) is 0 Å². The van der Waals surface area contributed by atoms with Crippen LogP contribution in [0.15, 0.2) is 24.3 Å². The first-order valence-electron chi connectivity index (χ1n) is 7.70. The number of carbonyl (C=O) groups excluding carboxylic acids is 1. The van der Waals surface area contributed by atoms with Gasteiger partial charge in [0.15, 0.2) is 0 Å². The van der Waals surface area contributed by atoms with Gasteiger partial charge in [-0.05, 0) is 37.0 Å². The number of rotatable bonds is 6. The molecule has 0 aromatic heterocycles. The number of hydrogen-bond donors (Lipinski definition) is 5. The van der Waals surface area contributed by atoms with Crippen LogP contribution in [-0.4, -0.2) is 40.0 Å². The molecule has 1 aromatic carbocycles. The highest BCUT2D eigenvalue weighted by molar-refractivity contribution is 5.73. The largest absolute Gasteiger partial charge is 0.508 e. The summed E-state index contributed by atoms with van der Waals surface area (Å²) in [6.45, 7) is 0.462. The van der Waals surface area contributed by atoms with E-state index in [2.05, 4.69) is 10.6 Å². The van der Waals surface area contributed by atoms with Crippen LogP contribution in [0.5, 0.6) is 5.75 Å². The Labute approximate surface area is 130 Å². The molecule has 0 aliphatic heterocycles. The summed E-state index contributed by atoms with van der Waals surface area (Å²) >= 11 is 0. The van der Waals surface area contributed by atoms with Crippen molar-refractivity contribution >= 4 is 6.03 Å². The van der Waals surface area contributed by atoms with E-state index in [1.54, 1.807) is 12.1 Å². The fraction of sp³-hybridized carbons (Fsp3) is 0.562. The third-order valence-corrected chi connectivity index (χ3v) is 4.12. The number of urea groups is 1. The van der Waals surface area contributed by atoms with Crippen LogP contribution >= 0.6 is 0 Å². The summed E-state index contributed by atoms with van der Waals surface area (Å²) in [6, 6.07) is 5.92. The third kappa shape index (κ3) is 4.89. The first-order chi connectivity index (χ1) is 10.5. The van der Waals surface area contributed by atoms with Gasteiger partial charge in [-0.2, -0.15) is 0 Å². The van der Waals surface area contributed by atoms with E-state index in [9.17, 15) is 20.1 Å². The van der Waals surface area contributed by atoms with Gasteiger partial charge in [0.1, 0.15) is 5.75 Å². The van der Waals surface area contributed by atoms with E-state index in [-0.39, 0.29) is 18.3 Å². The molecule has 0 spiro atoms. The minimum absolute atomic E-state index is 0.0551. The molecule has 5 N–H and O–H groups in total. The highest BCUT2D eigenvalue weighted by atomic mass is 16.3. The van der Waals surface area contributed by atoms with E-state index in [0.29, 0.717) is 18.5 Å². The molecule has 122 valence electrons. The van der Waals surface area contributed by atoms with Gasteiger partial charge >= 0.3 is 6.03 Å². The molecule has 0 radical (unpaired) electrons. The van der Waals surface area contributed by atoms with Gasteiger partial charge in [0.25, 0.3) is 0 Å². The van der Waals surface area contributed by atoms with E-state index < -0.39 is 11.7 Å². The van der Waals surface area contributed by atoms with Gasteiger partial charge in [-0.3, -0.25) is 0 Å². The Kier molecular flexibility index (Phi) is 5.63. The van der Waals surface area contributed by atoms with Crippen molar-refractivity contribution in [1.29, 1.82) is 0 Å². The Morgan fingerprint density at radius 1 is 1.27 bits per heavy atom. The van der Waals surface area contributed by atoms with Crippen molar-refractivity contribution in [3.8, 4) is 5.75 Å². The average molecular weight is 308 g/mol. The number of amides is 2. The Balaban J connectivity index is 1.67. The standard InChI is InChI=1S/C16H24N2O4/c19-13-5-3-4-12(10-13)14(20)11-18-15(21)17-9-8-16(22)6-1-2-7-16/h3-5,10,14,19-20,22H,1-2,6-9,11H2,(H2,17,18,21). The van der Waals surface area contributed by atoms with E-state index in [4.69, 9.17) is 0 Å². The van der Waals surface area contributed by atoms with Crippen molar-refractivity contribution in [2.45, 2.75) is 43.8 Å². The van der Waals surface area contributed by atoms with Crippen LogP contribution in [0, 0.1) is 0 Å². The quantitative estimate of drug-likeness (QED) is 0.548. The molecule has 0 saturated heterocycles. The van der Waals surface area contributed by atoms with Crippen molar-refractivity contribution in [2.75, 3.05) is 13.1 Å². The highest BCUT2D eigenvalue weighted by Crippen LogP contribution is 2.31. The molecule has 1 aliphatic rings. The molecule has 6 nitrogen and oxygen atoms in total. The Hall–Kier alpha value is -1.79. The second kappa shape index (κ2) is 7.47. The monoisotopic (exact) mass is 308 g/mol. The van der Waals surface area contributed by atoms with Crippen molar-refractivity contribution in [1.82, 2.24) is 10.6 Å². The number of phenolic OH excluding ortho intramolecular Hbond substituents is 1. The number of carbonyl (C=O) groups is 1. The number of nitrogens with one attached hydrogen (secondary N) is 2. The van der Waals surface area contributed by atoms with Gasteiger partial charge in [0, 0.05) is 13.1 Å². The number of aliphatic hydroxyl groups is 2. The maximum absolute atomic E-state index is 11.7. The fourth-order valence-electron chi connectivity index (χ4n) is 2.79. The maximum Gasteiger partial charge on any atom is 0.314 e. The van der Waals surface area contributed by atoms with Crippen molar-refractivity contribution < 1.29 is 20.1 Å². The molecule has 0 bridgehead atoms. The van der Waals surface area contributed by atoms with Crippen LogP contribution < -0.4 is 10.6 Å². The van der Waals surface area contributed by atoms with Crippen molar-refractivity contribution in [3.05, 3.63) is 29.8 Å². The smallest absolute Gasteiger partial charge is 0.314 e. The fourth-order valence-corrected chi connectivity index (χ4v) is 2.79. The van der Waals surface area contributed by atoms with Crippen LogP contribution in [0.2, 0.25) is 0 Å². The van der Waals surface area contributed by atoms with Crippen molar-refractivity contribution in [3.63, 3.8) is 0 Å². The van der Waals surface area contributed by atoms with E-state index in [1.165, 1.54) is 12.1 Å². The summed E-state index contributed by atoms with van der Waals surface area (Å²) in [5, 5.41) is 34.7. The molecule has 1 aliphatic carbocycles. The van der Waals surface area contributed by atoms with Crippen LogP contribution in [0.1, 0.15) is 43.8 Å². The van der Waals surface area contributed by atoms with Crippen LogP contribution in [0.4, 0.5) is 4.79 Å². The van der Waals surface area contributed by atoms with Crippen LogP contribution in [0.3, 0.4) is 0 Å². The third-order valence-electron chi connectivity index (χ3n) is 4.12. The second-order valence-electron chi connectivity index (χ2n) is 5.93. The number of benzene rings is 1. The lowest BCUT2D eigenvalue weighted by Crippen LogP contribution is -2.40. The van der Waals surface area contributed by atoms with Gasteiger partial charge < -0.3 is 26.0 Å². The average Bonchev–Trinajstić information content (AvgIpc) is 2.91. The molecular weight excluding hydrogens is 284 g/mol. The lowest BCUT2D eigenvalue weighted by Gasteiger charge is -2.22. The molecule has 22 heavy (non-hydrogen) atoms. The molecule has 1 aromatic rings. The minimum Gasteiger partial charge on any atom is -0.508 e. The number of hydrogen-bond acceptors (Lipinski definition) is 4. The summed E-state index contributed by atoms with van der Waals surface area (Å²) < 4.78 is 0. The Bertz CT molecular complexity index is 501. The van der Waals surface area contributed by atoms with Gasteiger partial charge in [0.2, 0.25) is 0 Å². The predicted molar refractivity (Wildman–Crippen MR) is 82.5 cm³/mol. The molecule has 2 rings (SSSR count). The molecular formula is C16H24N2O4. The minimum atomic E-state index is -0.878. The predicted octanol–water partition coefficient (Wildman–Crippen LogP) is 1.42. The number of phenols is 1. The zero-order chi connectivity index (χ0) is 16.0. The molecule has 6 heteroatoms. The normalized spacial score (nSPS) is 17.9. The second-order valence-corrected chi connectivity index (χ2v) is 5.93. The zero-order valence-electron chi connectivity index (χ0n) is 12.6. The first kappa shape index (κ1) is 16.6. The van der Waals surface area contributed by atoms with Gasteiger partial charge in [-0.1, -0.05) is 25.0 Å². The molecule has 1 atom stereocenters. The van der Waals surface area contributed by atoms with E-state index in [1.807, 2.05) is 0 Å². The number of aliphatic hydroxyl groups excluding tert-OH is 1. The summed E-state index contributed by atoms with van der Waals surface area (Å²) in [4.78, 5) is 11.7. The lowest BCUT2D eigenvalue weighted by molar-refractivity contribution is 0.0398. The Morgan fingerprint density at radius 2 is 2.00 bits per heavy atom. The molecule has 1 fully saturated rings. The van der Waals surface area contributed by atoms with Crippen LogP contribution in [-0.2, 0) is 0 Å². The Morgan fingerprint density at radius 3 is 2.68 bits per heavy atom. The first-order valence-corrected chi connectivity index (χ1v) is 7.70. The summed E-state index contributed by atoms with van der Waals surface area (Å²) in [6.07, 6.45) is 3.35. The molecule has 1 saturated carbocycles. The highest BCUT2D eigenvalue weighted by Gasteiger charge is 2.30. The SMILES string of the molecule is O=C(NCCC1(O)CCCC1)NCC(O)c1cccc(O)c1. The number of aromatic hydroxyl groups is 1. The summed E-state index contributed by atoms with van der Waals surface area (Å²) in [7, 11) is 0. The molecule has 0 heterocycles. The van der Waals surface area contributed by atoms with E-state index >= 15 is 0 Å². The summed E-state index contributed by atoms with van der Waals surface area (Å²) in [5.41, 5.74) is -0.0884. The van der Waals surface area contributed by atoms with E-state index in [0.717, 1.165) is 25.7 Å². The van der Waals surface area contributed by atoms with Gasteiger partial charge in [-0.15, -0.1) is 0 Å².